The molecule has 3 aromatic rings. The summed E-state index contributed by atoms with van der Waals surface area (Å²) in [7, 11) is -2.12. The molecule has 30 heavy (non-hydrogen) atoms. The molecular weight excluding hydrogens is 470 g/mol. The molecule has 0 spiro atoms. The normalized spacial score (nSPS) is 11.5. The van der Waals surface area contributed by atoms with Gasteiger partial charge in [-0.25, -0.2) is 13.4 Å². The van der Waals surface area contributed by atoms with Gasteiger partial charge in [-0.2, -0.15) is 0 Å². The summed E-state index contributed by atoms with van der Waals surface area (Å²) in [5.41, 5.74) is 2.77. The van der Waals surface area contributed by atoms with Gasteiger partial charge in [0.25, 0.3) is 0 Å². The molecule has 0 unspecified atom stereocenters. The van der Waals surface area contributed by atoms with E-state index in [0.717, 1.165) is 15.6 Å². The highest BCUT2D eigenvalue weighted by atomic mass is 79.9. The Hall–Kier alpha value is -2.45. The van der Waals surface area contributed by atoms with E-state index in [1.165, 1.54) is 0 Å². The van der Waals surface area contributed by atoms with Crippen molar-refractivity contribution in [2.75, 3.05) is 12.9 Å². The van der Waals surface area contributed by atoms with E-state index in [1.54, 1.807) is 38.3 Å². The van der Waals surface area contributed by atoms with Crippen LogP contribution >= 0.6 is 15.9 Å². The Kier molecular flexibility index (Phi) is 6.77. The molecule has 0 N–H and O–H groups in total. The van der Waals surface area contributed by atoms with Gasteiger partial charge >= 0.3 is 0 Å². The fourth-order valence-corrected chi connectivity index (χ4v) is 4.67. The standard InChI is InChI=1S/C22H22BrNO5S/c1-14-9-16(7-8-20(14)23)10-18(25)12-30(26,27)13-21-15(2)29-22(24-21)17-5-4-6-19(11-17)28-3/h4-9,11H,10,12-13H2,1-3H3. The van der Waals surface area contributed by atoms with Crippen molar-refractivity contribution in [1.29, 1.82) is 0 Å². The molecule has 1 aromatic heterocycles. The third-order valence-corrected chi connectivity index (χ3v) is 6.94. The van der Waals surface area contributed by atoms with Gasteiger partial charge in [0, 0.05) is 16.5 Å². The fourth-order valence-electron chi connectivity index (χ4n) is 3.04. The average Bonchev–Trinajstić information content (AvgIpc) is 3.04. The molecule has 0 aliphatic carbocycles. The number of rotatable bonds is 8. The predicted molar refractivity (Wildman–Crippen MR) is 118 cm³/mol. The maximum Gasteiger partial charge on any atom is 0.226 e. The Bertz CT molecular complexity index is 1180. The molecule has 1 heterocycles. The van der Waals surface area contributed by atoms with E-state index in [2.05, 4.69) is 20.9 Å². The Morgan fingerprint density at radius 3 is 2.63 bits per heavy atom. The number of nitrogens with zero attached hydrogens (tertiary/aromatic N) is 1. The number of aryl methyl sites for hydroxylation is 2. The summed E-state index contributed by atoms with van der Waals surface area (Å²) >= 11 is 3.41. The summed E-state index contributed by atoms with van der Waals surface area (Å²) in [6.45, 7) is 3.58. The first-order valence-corrected chi connectivity index (χ1v) is 11.9. The smallest absolute Gasteiger partial charge is 0.226 e. The number of ether oxygens (including phenoxy) is 1. The van der Waals surface area contributed by atoms with E-state index in [1.807, 2.05) is 25.1 Å². The van der Waals surface area contributed by atoms with Gasteiger partial charge in [-0.05, 0) is 49.2 Å². The van der Waals surface area contributed by atoms with Crippen molar-refractivity contribution in [2.45, 2.75) is 26.0 Å². The molecule has 0 aliphatic rings. The number of hydrogen-bond donors (Lipinski definition) is 0. The van der Waals surface area contributed by atoms with Crippen LogP contribution in [0.1, 0.15) is 22.6 Å². The molecule has 6 nitrogen and oxygen atoms in total. The summed E-state index contributed by atoms with van der Waals surface area (Å²) in [6.07, 6.45) is 0.0697. The van der Waals surface area contributed by atoms with E-state index in [9.17, 15) is 13.2 Å². The molecule has 0 radical (unpaired) electrons. The molecule has 0 amide bonds. The summed E-state index contributed by atoms with van der Waals surface area (Å²) < 4.78 is 37.0. The number of methoxy groups -OCH3 is 1. The van der Waals surface area contributed by atoms with Crippen LogP contribution in [0.25, 0.3) is 11.5 Å². The first-order valence-electron chi connectivity index (χ1n) is 9.25. The van der Waals surface area contributed by atoms with E-state index in [0.29, 0.717) is 28.7 Å². The number of carbonyl (C=O) groups is 1. The van der Waals surface area contributed by atoms with Crippen LogP contribution < -0.4 is 4.74 Å². The van der Waals surface area contributed by atoms with E-state index in [4.69, 9.17) is 9.15 Å². The molecule has 0 bridgehead atoms. The number of hydrogen-bond acceptors (Lipinski definition) is 6. The number of ketones is 1. The van der Waals surface area contributed by atoms with Gasteiger partial charge < -0.3 is 9.15 Å². The second-order valence-electron chi connectivity index (χ2n) is 7.09. The van der Waals surface area contributed by atoms with Gasteiger partial charge in [0.05, 0.1) is 18.6 Å². The SMILES string of the molecule is COc1cccc(-c2nc(CS(=O)(=O)CC(=O)Cc3ccc(Br)c(C)c3)c(C)o2)c1. The highest BCUT2D eigenvalue weighted by Gasteiger charge is 2.22. The summed E-state index contributed by atoms with van der Waals surface area (Å²) in [5.74, 6) is 0.123. The molecular formula is C22H22BrNO5S. The van der Waals surface area contributed by atoms with Gasteiger partial charge in [0.2, 0.25) is 5.89 Å². The lowest BCUT2D eigenvalue weighted by molar-refractivity contribution is -0.116. The Balaban J connectivity index is 1.71. The van der Waals surface area contributed by atoms with E-state index < -0.39 is 15.6 Å². The highest BCUT2D eigenvalue weighted by molar-refractivity contribution is 9.10. The fraction of sp³-hybridized carbons (Fsp3) is 0.273. The van der Waals surface area contributed by atoms with Crippen LogP contribution in [0.2, 0.25) is 0 Å². The monoisotopic (exact) mass is 491 g/mol. The maximum atomic E-state index is 12.6. The summed E-state index contributed by atoms with van der Waals surface area (Å²) in [4.78, 5) is 16.7. The molecule has 2 aromatic carbocycles. The van der Waals surface area contributed by atoms with Crippen LogP contribution in [0.3, 0.4) is 0 Å². The van der Waals surface area contributed by atoms with Gasteiger partial charge in [-0.3, -0.25) is 4.79 Å². The molecule has 3 rings (SSSR count). The van der Waals surface area contributed by atoms with Crippen LogP contribution in [-0.2, 0) is 26.8 Å². The minimum atomic E-state index is -3.68. The number of aromatic nitrogens is 1. The maximum absolute atomic E-state index is 12.6. The zero-order valence-electron chi connectivity index (χ0n) is 16.9. The number of halogens is 1. The number of sulfone groups is 1. The second kappa shape index (κ2) is 9.14. The molecule has 158 valence electrons. The van der Waals surface area contributed by atoms with Crippen molar-refractivity contribution in [3.05, 3.63) is 69.5 Å². The summed E-state index contributed by atoms with van der Waals surface area (Å²) in [6, 6.07) is 12.7. The molecule has 0 aliphatic heterocycles. The van der Waals surface area contributed by atoms with Crippen molar-refractivity contribution in [1.82, 2.24) is 4.98 Å². The molecule has 0 atom stereocenters. The third-order valence-electron chi connectivity index (χ3n) is 4.57. The van der Waals surface area contributed by atoms with Crippen molar-refractivity contribution in [3.8, 4) is 17.2 Å². The lowest BCUT2D eigenvalue weighted by Gasteiger charge is -2.05. The number of carbonyl (C=O) groups excluding carboxylic acids is 1. The van der Waals surface area contributed by atoms with Crippen LogP contribution in [0.4, 0.5) is 0 Å². The van der Waals surface area contributed by atoms with Gasteiger partial charge in [0.1, 0.15) is 17.3 Å². The minimum Gasteiger partial charge on any atom is -0.497 e. The first-order chi connectivity index (χ1) is 14.2. The number of oxazole rings is 1. The second-order valence-corrected chi connectivity index (χ2v) is 10.0. The third kappa shape index (κ3) is 5.58. The van der Waals surface area contributed by atoms with Crippen molar-refractivity contribution >= 4 is 31.6 Å². The first kappa shape index (κ1) is 22.2. The lowest BCUT2D eigenvalue weighted by Crippen LogP contribution is -2.20. The quantitative estimate of drug-likeness (QED) is 0.462. The molecule has 8 heteroatoms. The number of Topliss-reactive ketones (excluding diaryl/α,β-unsaturated/α-hetero) is 1. The van der Waals surface area contributed by atoms with Gasteiger partial charge in [-0.15, -0.1) is 0 Å². The lowest BCUT2D eigenvalue weighted by atomic mass is 10.1. The van der Waals surface area contributed by atoms with Gasteiger partial charge in [0.15, 0.2) is 15.6 Å². The molecule has 0 fully saturated rings. The zero-order valence-corrected chi connectivity index (χ0v) is 19.3. The topological polar surface area (TPSA) is 86.5 Å². The average molecular weight is 492 g/mol. The van der Waals surface area contributed by atoms with Crippen LogP contribution in [-0.4, -0.2) is 32.0 Å². The zero-order chi connectivity index (χ0) is 21.9. The van der Waals surface area contributed by atoms with Crippen LogP contribution in [0, 0.1) is 13.8 Å². The largest absolute Gasteiger partial charge is 0.497 e. The Morgan fingerprint density at radius 2 is 1.93 bits per heavy atom. The van der Waals surface area contributed by atoms with Crippen molar-refractivity contribution in [2.24, 2.45) is 0 Å². The predicted octanol–water partition coefficient (Wildman–Crippen LogP) is 4.46. The summed E-state index contributed by atoms with van der Waals surface area (Å²) in [5, 5.41) is 0. The van der Waals surface area contributed by atoms with Crippen LogP contribution in [0.5, 0.6) is 5.75 Å². The Labute approximate surface area is 184 Å². The van der Waals surface area contributed by atoms with Crippen LogP contribution in [0.15, 0.2) is 51.4 Å². The Morgan fingerprint density at radius 1 is 1.17 bits per heavy atom. The van der Waals surface area contributed by atoms with Crippen molar-refractivity contribution < 1.29 is 22.4 Å². The molecule has 0 saturated carbocycles. The van der Waals surface area contributed by atoms with Crippen molar-refractivity contribution in [3.63, 3.8) is 0 Å². The van der Waals surface area contributed by atoms with E-state index in [-0.39, 0.29) is 18.0 Å². The highest BCUT2D eigenvalue weighted by Crippen LogP contribution is 2.26. The van der Waals surface area contributed by atoms with Gasteiger partial charge in [-0.1, -0.05) is 34.1 Å². The molecule has 0 saturated heterocycles. The minimum absolute atomic E-state index is 0.0697. The number of benzene rings is 2. The van der Waals surface area contributed by atoms with E-state index >= 15 is 0 Å².